The molecule has 2 fully saturated rings. The normalized spacial score (nSPS) is 20.8. The summed E-state index contributed by atoms with van der Waals surface area (Å²) in [7, 11) is 1.56. The van der Waals surface area contributed by atoms with Crippen molar-refractivity contribution in [2.75, 3.05) is 20.2 Å². The van der Waals surface area contributed by atoms with E-state index in [1.165, 1.54) is 11.0 Å². The van der Waals surface area contributed by atoms with Crippen LogP contribution < -0.4 is 10.1 Å². The lowest BCUT2D eigenvalue weighted by atomic mass is 9.87. The quantitative estimate of drug-likeness (QED) is 0.512. The Morgan fingerprint density at radius 2 is 1.92 bits per heavy atom. The molecule has 3 heterocycles. The zero-order chi connectivity index (χ0) is 25.4. The molecular weight excluding hydrogens is 463 g/mol. The lowest BCUT2D eigenvalue weighted by Gasteiger charge is -2.32. The van der Waals surface area contributed by atoms with Crippen LogP contribution in [0.2, 0.25) is 0 Å². The average molecular weight is 491 g/mol. The van der Waals surface area contributed by atoms with Crippen molar-refractivity contribution in [1.82, 2.24) is 15.1 Å². The molecule has 3 aliphatic heterocycles. The molecule has 0 aliphatic carbocycles. The number of hydrogen-bond donors (Lipinski definition) is 1. The number of amides is 3. The summed E-state index contributed by atoms with van der Waals surface area (Å²) < 4.78 is 20.5. The van der Waals surface area contributed by atoms with Gasteiger partial charge in [-0.05, 0) is 67.1 Å². The molecule has 2 saturated heterocycles. The Kier molecular flexibility index (Phi) is 6.46. The van der Waals surface area contributed by atoms with Crippen LogP contribution in [0.15, 0.2) is 30.3 Å². The first kappa shape index (κ1) is 23.9. The lowest BCUT2D eigenvalue weighted by Crippen LogP contribution is -2.52. The van der Waals surface area contributed by atoms with Gasteiger partial charge in [-0.15, -0.1) is 0 Å². The highest BCUT2D eigenvalue weighted by molar-refractivity contribution is 6.05. The van der Waals surface area contributed by atoms with Crippen LogP contribution >= 0.6 is 0 Å². The Labute approximate surface area is 208 Å². The molecule has 9 heteroatoms. The number of halogens is 1. The van der Waals surface area contributed by atoms with Gasteiger partial charge in [-0.3, -0.25) is 24.6 Å². The maximum atomic E-state index is 15.2. The smallest absolute Gasteiger partial charge is 0.255 e. The van der Waals surface area contributed by atoms with E-state index in [-0.39, 0.29) is 42.9 Å². The number of fused-ring (bicyclic) bond motifs is 1. The van der Waals surface area contributed by atoms with Gasteiger partial charge in [0.2, 0.25) is 17.5 Å². The van der Waals surface area contributed by atoms with Crippen LogP contribution in [0.25, 0.3) is 4.85 Å². The molecule has 2 aromatic rings. The third-order valence-corrected chi connectivity index (χ3v) is 7.44. The lowest BCUT2D eigenvalue weighted by molar-refractivity contribution is -0.136. The number of nitrogens with one attached hydrogen (secondary N) is 1. The van der Waals surface area contributed by atoms with Crippen molar-refractivity contribution in [2.45, 2.75) is 50.7 Å². The summed E-state index contributed by atoms with van der Waals surface area (Å²) in [6.45, 7) is 9.79. The van der Waals surface area contributed by atoms with Crippen LogP contribution in [0, 0.1) is 12.4 Å². The first-order valence-electron chi connectivity index (χ1n) is 12.1. The third-order valence-electron chi connectivity index (χ3n) is 7.44. The number of rotatable bonds is 5. The number of benzene rings is 2. The fourth-order valence-electron chi connectivity index (χ4n) is 5.49. The van der Waals surface area contributed by atoms with Gasteiger partial charge in [0.05, 0.1) is 13.7 Å². The van der Waals surface area contributed by atoms with Gasteiger partial charge >= 0.3 is 0 Å². The van der Waals surface area contributed by atoms with Crippen LogP contribution in [0.3, 0.4) is 0 Å². The fraction of sp³-hybridized carbons (Fsp3) is 0.407. The molecule has 8 nitrogen and oxygen atoms in total. The van der Waals surface area contributed by atoms with Crippen LogP contribution in [-0.4, -0.2) is 53.8 Å². The van der Waals surface area contributed by atoms with E-state index in [2.05, 4.69) is 15.1 Å². The number of imide groups is 1. The van der Waals surface area contributed by atoms with Crippen LogP contribution in [0.4, 0.5) is 10.1 Å². The predicted octanol–water partition coefficient (Wildman–Crippen LogP) is 3.53. The zero-order valence-corrected chi connectivity index (χ0v) is 20.1. The minimum absolute atomic E-state index is 0.0466. The maximum Gasteiger partial charge on any atom is 0.255 e. The van der Waals surface area contributed by atoms with Crippen molar-refractivity contribution in [3.63, 3.8) is 0 Å². The van der Waals surface area contributed by atoms with E-state index >= 15 is 4.39 Å². The number of piperidine rings is 2. The van der Waals surface area contributed by atoms with Gasteiger partial charge in [0.25, 0.3) is 5.91 Å². The van der Waals surface area contributed by atoms with Crippen LogP contribution in [0.5, 0.6) is 5.75 Å². The Balaban J connectivity index is 1.25. The van der Waals surface area contributed by atoms with E-state index < -0.39 is 11.9 Å². The van der Waals surface area contributed by atoms with Gasteiger partial charge < -0.3 is 9.64 Å². The summed E-state index contributed by atoms with van der Waals surface area (Å²) in [6, 6.07) is 8.00. The number of nitrogens with zero attached hydrogens (tertiary/aromatic N) is 3. The average Bonchev–Trinajstić information content (AvgIpc) is 3.19. The van der Waals surface area contributed by atoms with Crippen molar-refractivity contribution in [1.29, 1.82) is 0 Å². The molecule has 0 spiro atoms. The molecule has 1 unspecified atom stereocenters. The minimum Gasteiger partial charge on any atom is -0.508 e. The van der Waals surface area contributed by atoms with Gasteiger partial charge in [0, 0.05) is 25.1 Å². The van der Waals surface area contributed by atoms with Crippen molar-refractivity contribution in [2.24, 2.45) is 0 Å². The highest BCUT2D eigenvalue weighted by Crippen LogP contribution is 2.36. The Hall–Kier alpha value is -3.77. The zero-order valence-electron chi connectivity index (χ0n) is 20.1. The molecule has 1 atom stereocenters. The summed E-state index contributed by atoms with van der Waals surface area (Å²) in [6.07, 6.45) is 2.05. The second kappa shape index (κ2) is 9.70. The van der Waals surface area contributed by atoms with E-state index in [1.54, 1.807) is 19.2 Å². The summed E-state index contributed by atoms with van der Waals surface area (Å²) >= 11 is 0. The first-order chi connectivity index (χ1) is 17.4. The molecule has 5 rings (SSSR count). The molecule has 0 saturated carbocycles. The van der Waals surface area contributed by atoms with Gasteiger partial charge in [0.15, 0.2) is 0 Å². The predicted molar refractivity (Wildman–Crippen MR) is 129 cm³/mol. The number of hydrogen-bond acceptors (Lipinski definition) is 5. The highest BCUT2D eigenvalue weighted by Gasteiger charge is 2.40. The Bertz CT molecular complexity index is 1280. The largest absolute Gasteiger partial charge is 0.508 e. The summed E-state index contributed by atoms with van der Waals surface area (Å²) in [5.41, 5.74) is 3.20. The van der Waals surface area contributed by atoms with Crippen LogP contribution in [-0.2, 0) is 22.7 Å². The highest BCUT2D eigenvalue weighted by atomic mass is 19.1. The maximum absolute atomic E-state index is 15.2. The Morgan fingerprint density at radius 3 is 2.61 bits per heavy atom. The topological polar surface area (TPSA) is 83.3 Å². The number of carbonyl (C=O) groups is 3. The van der Waals surface area contributed by atoms with Gasteiger partial charge in [-0.25, -0.2) is 9.24 Å². The molecule has 0 bridgehead atoms. The standard InChI is InChI=1S/C27H27FN4O4/c1-29-22-4-3-16(11-24(22)36-2)14-31-9-7-17(8-10-31)19-12-18-15-32(27(35)20(18)13-21(19)28)23-5-6-25(33)30-26(23)34/h3-4,11-13,17,23H,5-10,14-15H2,2H3,(H,30,33,34). The number of carbonyl (C=O) groups excluding carboxylic acids is 3. The molecular formula is C27H27FN4O4. The molecule has 2 aromatic carbocycles. The molecule has 36 heavy (non-hydrogen) atoms. The van der Waals surface area contributed by atoms with Crippen molar-refractivity contribution < 1.29 is 23.5 Å². The molecule has 186 valence electrons. The molecule has 3 amide bonds. The molecule has 1 N–H and O–H groups in total. The van der Waals surface area contributed by atoms with Gasteiger partial charge in [-0.2, -0.15) is 0 Å². The second-order valence-corrected chi connectivity index (χ2v) is 9.60. The molecule has 0 aromatic heterocycles. The van der Waals surface area contributed by atoms with Crippen molar-refractivity contribution in [3.8, 4) is 5.75 Å². The van der Waals surface area contributed by atoms with E-state index in [4.69, 9.17) is 11.3 Å². The number of methoxy groups -OCH3 is 1. The SMILES string of the molecule is [C-]#[N+]c1ccc(CN2CCC(c3cc4c(cc3F)C(=O)N(C3CCC(=O)NC3=O)C4)CC2)cc1OC. The van der Waals surface area contributed by atoms with E-state index in [0.717, 1.165) is 43.6 Å². The molecule has 3 aliphatic rings. The van der Waals surface area contributed by atoms with Crippen molar-refractivity contribution >= 4 is 23.4 Å². The monoisotopic (exact) mass is 490 g/mol. The second-order valence-electron chi connectivity index (χ2n) is 9.60. The summed E-state index contributed by atoms with van der Waals surface area (Å²) in [5.74, 6) is -0.935. The summed E-state index contributed by atoms with van der Waals surface area (Å²) in [5, 5.41) is 2.29. The minimum atomic E-state index is -0.708. The first-order valence-corrected chi connectivity index (χ1v) is 12.1. The van der Waals surface area contributed by atoms with Crippen molar-refractivity contribution in [3.05, 3.63) is 69.8 Å². The van der Waals surface area contributed by atoms with E-state index in [1.807, 2.05) is 12.1 Å². The Morgan fingerprint density at radius 1 is 1.14 bits per heavy atom. The van der Waals surface area contributed by atoms with Gasteiger partial charge in [-0.1, -0.05) is 18.2 Å². The third kappa shape index (κ3) is 4.44. The van der Waals surface area contributed by atoms with E-state index in [9.17, 15) is 14.4 Å². The number of likely N-dealkylation sites (tertiary alicyclic amines) is 1. The summed E-state index contributed by atoms with van der Waals surface area (Å²) in [4.78, 5) is 43.9. The van der Waals surface area contributed by atoms with Crippen LogP contribution in [0.1, 0.15) is 58.6 Å². The number of ether oxygens (including phenoxy) is 1. The fourth-order valence-corrected chi connectivity index (χ4v) is 5.49. The molecule has 0 radical (unpaired) electrons. The van der Waals surface area contributed by atoms with Gasteiger partial charge in [0.1, 0.15) is 17.6 Å². The van der Waals surface area contributed by atoms with E-state index in [0.29, 0.717) is 22.6 Å².